The van der Waals surface area contributed by atoms with Gasteiger partial charge in [0.1, 0.15) is 5.75 Å². The third-order valence-electron chi connectivity index (χ3n) is 5.23. The van der Waals surface area contributed by atoms with Crippen molar-refractivity contribution in [2.75, 3.05) is 24.3 Å². The number of thioether (sulfide) groups is 1. The molecule has 4 rings (SSSR count). The van der Waals surface area contributed by atoms with E-state index in [2.05, 4.69) is 30.3 Å². The van der Waals surface area contributed by atoms with E-state index in [0.29, 0.717) is 22.2 Å². The Morgan fingerprint density at radius 2 is 1.66 bits per heavy atom. The molecule has 0 spiro atoms. The molecule has 0 saturated heterocycles. The maximum atomic E-state index is 13.2. The van der Waals surface area contributed by atoms with Crippen molar-refractivity contribution >= 4 is 29.0 Å². The van der Waals surface area contributed by atoms with Gasteiger partial charge in [-0.3, -0.25) is 4.79 Å². The minimum atomic E-state index is -4.81. The molecule has 38 heavy (non-hydrogen) atoms. The van der Waals surface area contributed by atoms with Gasteiger partial charge >= 0.3 is 6.36 Å². The van der Waals surface area contributed by atoms with Crippen molar-refractivity contribution in [2.24, 2.45) is 0 Å². The van der Waals surface area contributed by atoms with Crippen molar-refractivity contribution in [3.63, 3.8) is 0 Å². The predicted octanol–water partition coefficient (Wildman–Crippen LogP) is 5.18. The third kappa shape index (κ3) is 6.79. The van der Waals surface area contributed by atoms with Gasteiger partial charge in [-0.2, -0.15) is 0 Å². The van der Waals surface area contributed by atoms with E-state index in [1.165, 1.54) is 40.7 Å². The second kappa shape index (κ2) is 11.1. The van der Waals surface area contributed by atoms with Gasteiger partial charge in [0.15, 0.2) is 10.9 Å². The van der Waals surface area contributed by atoms with Crippen LogP contribution in [0, 0.1) is 13.8 Å². The fraction of sp³-hybridized carbons (Fsp3) is 0.240. The van der Waals surface area contributed by atoms with Crippen LogP contribution < -0.4 is 15.0 Å². The van der Waals surface area contributed by atoms with E-state index in [0.717, 1.165) is 17.1 Å². The van der Waals surface area contributed by atoms with Crippen molar-refractivity contribution in [2.45, 2.75) is 31.1 Å². The lowest BCUT2D eigenvalue weighted by Gasteiger charge is -2.13. The molecule has 4 aromatic rings. The lowest BCUT2D eigenvalue weighted by molar-refractivity contribution is -0.274. The van der Waals surface area contributed by atoms with Crippen LogP contribution >= 0.6 is 11.8 Å². The standard InChI is InChI=1S/C25H24F3N7O2S/c1-15-13-16(2)30-24(29-15)38-14-21-22(23(36)31-17-5-7-18(8-6-17)34(3)4)32-33-35(21)19-9-11-20(12-10-19)37-25(26,27)28/h5-13H,14H2,1-4H3,(H,31,36). The number of amides is 1. The molecule has 0 aliphatic heterocycles. The molecule has 0 unspecified atom stereocenters. The van der Waals surface area contributed by atoms with E-state index in [4.69, 9.17) is 0 Å². The number of ether oxygens (including phenoxy) is 1. The van der Waals surface area contributed by atoms with Crippen molar-refractivity contribution in [1.82, 2.24) is 25.0 Å². The van der Waals surface area contributed by atoms with E-state index < -0.39 is 12.3 Å². The summed E-state index contributed by atoms with van der Waals surface area (Å²) in [4.78, 5) is 24.0. The number of aryl methyl sites for hydroxylation is 2. The molecule has 0 atom stereocenters. The van der Waals surface area contributed by atoms with Crippen LogP contribution in [0.4, 0.5) is 24.5 Å². The molecule has 2 heterocycles. The molecule has 198 valence electrons. The molecule has 9 nitrogen and oxygen atoms in total. The highest BCUT2D eigenvalue weighted by molar-refractivity contribution is 7.98. The summed E-state index contributed by atoms with van der Waals surface area (Å²) < 4.78 is 43.1. The second-order valence-corrected chi connectivity index (χ2v) is 9.40. The Labute approximate surface area is 221 Å². The monoisotopic (exact) mass is 543 g/mol. The zero-order valence-corrected chi connectivity index (χ0v) is 21.8. The number of carbonyl (C=O) groups excluding carboxylic acids is 1. The highest BCUT2D eigenvalue weighted by Gasteiger charge is 2.31. The molecule has 0 radical (unpaired) electrons. The van der Waals surface area contributed by atoms with Gasteiger partial charge in [0.05, 0.1) is 11.4 Å². The van der Waals surface area contributed by atoms with Crippen molar-refractivity contribution in [3.05, 3.63) is 77.4 Å². The number of nitrogens with one attached hydrogen (secondary N) is 1. The highest BCUT2D eigenvalue weighted by Crippen LogP contribution is 2.27. The molecule has 13 heteroatoms. The SMILES string of the molecule is Cc1cc(C)nc(SCc2c(C(=O)Nc3ccc(N(C)C)cc3)nnn2-c2ccc(OC(F)(F)F)cc2)n1. The van der Waals surface area contributed by atoms with Gasteiger partial charge in [-0.25, -0.2) is 14.6 Å². The number of rotatable bonds is 8. The van der Waals surface area contributed by atoms with Crippen LogP contribution in [0.15, 0.2) is 59.8 Å². The number of halogens is 3. The predicted molar refractivity (Wildman–Crippen MR) is 138 cm³/mol. The maximum absolute atomic E-state index is 13.2. The van der Waals surface area contributed by atoms with E-state index in [1.807, 2.05) is 51.0 Å². The van der Waals surface area contributed by atoms with Gasteiger partial charge < -0.3 is 15.0 Å². The number of alkyl halides is 3. The smallest absolute Gasteiger partial charge is 0.406 e. The van der Waals surface area contributed by atoms with Gasteiger partial charge in [0, 0.05) is 42.6 Å². The number of carbonyl (C=O) groups is 1. The molecule has 0 bridgehead atoms. The Bertz CT molecular complexity index is 1400. The summed E-state index contributed by atoms with van der Waals surface area (Å²) in [5.74, 6) is -0.637. The summed E-state index contributed by atoms with van der Waals surface area (Å²) in [5, 5.41) is 11.5. The number of anilines is 2. The van der Waals surface area contributed by atoms with E-state index >= 15 is 0 Å². The van der Waals surface area contributed by atoms with Crippen LogP contribution in [0.2, 0.25) is 0 Å². The first-order valence-electron chi connectivity index (χ1n) is 11.3. The number of hydrogen-bond donors (Lipinski definition) is 1. The van der Waals surface area contributed by atoms with E-state index in [-0.39, 0.29) is 17.2 Å². The molecule has 0 aliphatic carbocycles. The zero-order valence-electron chi connectivity index (χ0n) is 20.9. The molecule has 2 aromatic carbocycles. The van der Waals surface area contributed by atoms with Crippen molar-refractivity contribution in [3.8, 4) is 11.4 Å². The summed E-state index contributed by atoms with van der Waals surface area (Å²) in [7, 11) is 3.83. The topological polar surface area (TPSA) is 98.1 Å². The van der Waals surface area contributed by atoms with Gasteiger partial charge in [-0.15, -0.1) is 18.3 Å². The van der Waals surface area contributed by atoms with E-state index in [9.17, 15) is 18.0 Å². The first-order valence-corrected chi connectivity index (χ1v) is 12.3. The second-order valence-electron chi connectivity index (χ2n) is 8.46. The number of aromatic nitrogens is 5. The van der Waals surface area contributed by atoms with Crippen LogP contribution in [-0.4, -0.2) is 51.3 Å². The summed E-state index contributed by atoms with van der Waals surface area (Å²) >= 11 is 1.29. The molecule has 0 saturated carbocycles. The number of nitrogens with zero attached hydrogens (tertiary/aromatic N) is 6. The first-order chi connectivity index (χ1) is 18.0. The van der Waals surface area contributed by atoms with Gasteiger partial charge in [-0.1, -0.05) is 17.0 Å². The molecular weight excluding hydrogens is 519 g/mol. The highest BCUT2D eigenvalue weighted by atomic mass is 32.2. The normalized spacial score (nSPS) is 11.3. The summed E-state index contributed by atoms with van der Waals surface area (Å²) in [5.41, 5.74) is 4.02. The largest absolute Gasteiger partial charge is 0.573 e. The Balaban J connectivity index is 1.64. The molecule has 1 amide bonds. The Kier molecular flexibility index (Phi) is 7.86. The average Bonchev–Trinajstić information content (AvgIpc) is 3.26. The lowest BCUT2D eigenvalue weighted by Crippen LogP contribution is -2.17. The fourth-order valence-electron chi connectivity index (χ4n) is 3.53. The van der Waals surface area contributed by atoms with E-state index in [1.54, 1.807) is 12.1 Å². The molecule has 1 N–H and O–H groups in total. The molecular formula is C25H24F3N7O2S. The zero-order chi connectivity index (χ0) is 27.4. The Morgan fingerprint density at radius 3 is 2.24 bits per heavy atom. The van der Waals surface area contributed by atoms with Gasteiger partial charge in [0.2, 0.25) is 0 Å². The van der Waals surface area contributed by atoms with Gasteiger partial charge in [-0.05, 0) is 68.4 Å². The van der Waals surface area contributed by atoms with Crippen LogP contribution in [0.5, 0.6) is 5.75 Å². The Morgan fingerprint density at radius 1 is 1.03 bits per heavy atom. The van der Waals surface area contributed by atoms with Crippen LogP contribution in [0.25, 0.3) is 5.69 Å². The first kappa shape index (κ1) is 26.9. The van der Waals surface area contributed by atoms with Gasteiger partial charge in [0.25, 0.3) is 5.91 Å². The number of benzene rings is 2. The van der Waals surface area contributed by atoms with Crippen LogP contribution in [0.1, 0.15) is 27.6 Å². The summed E-state index contributed by atoms with van der Waals surface area (Å²) in [6, 6.07) is 14.3. The maximum Gasteiger partial charge on any atom is 0.573 e. The lowest BCUT2D eigenvalue weighted by atomic mass is 10.2. The quantitative estimate of drug-likeness (QED) is 0.240. The Hall–Kier alpha value is -4.13. The molecule has 2 aromatic heterocycles. The minimum Gasteiger partial charge on any atom is -0.406 e. The molecule has 0 fully saturated rings. The van der Waals surface area contributed by atoms with Crippen LogP contribution in [-0.2, 0) is 5.75 Å². The summed E-state index contributed by atoms with van der Waals surface area (Å²) in [6.07, 6.45) is -4.81. The fourth-order valence-corrected chi connectivity index (χ4v) is 4.47. The van der Waals surface area contributed by atoms with Crippen LogP contribution in [0.3, 0.4) is 0 Å². The minimum absolute atomic E-state index is 0.0641. The number of hydrogen-bond acceptors (Lipinski definition) is 8. The van der Waals surface area contributed by atoms with Crippen molar-refractivity contribution in [1.29, 1.82) is 0 Å². The average molecular weight is 544 g/mol. The summed E-state index contributed by atoms with van der Waals surface area (Å²) in [6.45, 7) is 3.71. The molecule has 0 aliphatic rings. The third-order valence-corrected chi connectivity index (χ3v) is 6.09. The van der Waals surface area contributed by atoms with Crippen molar-refractivity contribution < 1.29 is 22.7 Å².